The summed E-state index contributed by atoms with van der Waals surface area (Å²) >= 11 is 0. The normalized spacial score (nSPS) is 12.4. The minimum absolute atomic E-state index is 0.202. The molecule has 0 fully saturated rings. The van der Waals surface area contributed by atoms with Crippen molar-refractivity contribution in [3.63, 3.8) is 0 Å². The Hall–Kier alpha value is -1.13. The van der Waals surface area contributed by atoms with Crippen LogP contribution in [-0.2, 0) is 0 Å². The maximum absolute atomic E-state index is 2.49. The summed E-state index contributed by atoms with van der Waals surface area (Å²) in [6.07, 6.45) is 0. The van der Waals surface area contributed by atoms with Crippen LogP contribution in [0.15, 0.2) is 36.4 Å². The zero-order chi connectivity index (χ0) is 21.2. The second-order valence-corrected chi connectivity index (χ2v) is 13.0. The van der Waals surface area contributed by atoms with E-state index in [0.717, 1.165) is 0 Å². The van der Waals surface area contributed by atoms with Crippen LogP contribution in [0, 0.1) is 0 Å². The molecule has 0 nitrogen and oxygen atoms in total. The molecule has 0 aliphatic carbocycles. The molecule has 0 saturated heterocycles. The molecule has 0 amide bonds. The quantitative estimate of drug-likeness (QED) is 0.411. The fourth-order valence-corrected chi connectivity index (χ4v) is 7.36. The molecule has 0 unspecified atom stereocenters. The van der Waals surface area contributed by atoms with E-state index < -0.39 is 0 Å². The summed E-state index contributed by atoms with van der Waals surface area (Å²) in [5, 5.41) is 1.59. The third kappa shape index (κ3) is 4.88. The van der Waals surface area contributed by atoms with Crippen LogP contribution in [0.1, 0.15) is 104 Å². The van der Waals surface area contributed by atoms with E-state index in [1.807, 2.05) is 0 Å². The minimum atomic E-state index is -0.202. The van der Waals surface area contributed by atoms with Gasteiger partial charge in [0.15, 0.2) is 0 Å². The molecule has 154 valence electrons. The van der Waals surface area contributed by atoms with Crippen LogP contribution in [0.3, 0.4) is 0 Å². The van der Waals surface area contributed by atoms with Crippen LogP contribution in [0.4, 0.5) is 0 Å². The van der Waals surface area contributed by atoms with Gasteiger partial charge in [-0.3, -0.25) is 0 Å². The number of rotatable bonds is 7. The zero-order valence-electron chi connectivity index (χ0n) is 19.8. The van der Waals surface area contributed by atoms with E-state index in [-0.39, 0.29) is 7.92 Å². The van der Waals surface area contributed by atoms with Gasteiger partial charge in [0.1, 0.15) is 0 Å². The van der Waals surface area contributed by atoms with Crippen LogP contribution in [0.25, 0.3) is 11.1 Å². The Morgan fingerprint density at radius 2 is 1.07 bits per heavy atom. The van der Waals surface area contributed by atoms with Crippen molar-refractivity contribution in [2.75, 3.05) is 0 Å². The van der Waals surface area contributed by atoms with Crippen molar-refractivity contribution in [3.05, 3.63) is 53.1 Å². The van der Waals surface area contributed by atoms with E-state index in [1.54, 1.807) is 5.30 Å². The van der Waals surface area contributed by atoms with Crippen molar-refractivity contribution >= 4 is 13.2 Å². The van der Waals surface area contributed by atoms with Gasteiger partial charge in [-0.1, -0.05) is 114 Å². The average molecular weight is 397 g/mol. The van der Waals surface area contributed by atoms with Crippen molar-refractivity contribution in [3.8, 4) is 11.1 Å². The van der Waals surface area contributed by atoms with Crippen LogP contribution >= 0.6 is 7.92 Å². The lowest BCUT2D eigenvalue weighted by Crippen LogP contribution is -2.18. The van der Waals surface area contributed by atoms with Gasteiger partial charge in [0.05, 0.1) is 0 Å². The number of benzene rings is 2. The van der Waals surface area contributed by atoms with Gasteiger partial charge in [-0.25, -0.2) is 0 Å². The maximum Gasteiger partial charge on any atom is -0.0101 e. The Morgan fingerprint density at radius 3 is 1.46 bits per heavy atom. The monoisotopic (exact) mass is 396 g/mol. The molecule has 0 radical (unpaired) electrons. The topological polar surface area (TPSA) is 0 Å². The first-order valence-electron chi connectivity index (χ1n) is 11.1. The first kappa shape index (κ1) is 23.2. The second kappa shape index (κ2) is 9.58. The lowest BCUT2D eigenvalue weighted by atomic mass is 9.82. The van der Waals surface area contributed by atoms with Gasteiger partial charge in [0.25, 0.3) is 0 Å². The van der Waals surface area contributed by atoms with Gasteiger partial charge in [-0.2, -0.15) is 0 Å². The van der Waals surface area contributed by atoms with Gasteiger partial charge in [-0.15, -0.1) is 0 Å². The third-order valence-electron chi connectivity index (χ3n) is 5.70. The van der Waals surface area contributed by atoms with Crippen molar-refractivity contribution < 1.29 is 0 Å². The number of hydrogen-bond donors (Lipinski definition) is 0. The summed E-state index contributed by atoms with van der Waals surface area (Å²) < 4.78 is 0. The highest BCUT2D eigenvalue weighted by Crippen LogP contribution is 2.49. The summed E-state index contributed by atoms with van der Waals surface area (Å²) in [7, 11) is -0.202. The Kier molecular flexibility index (Phi) is 7.92. The lowest BCUT2D eigenvalue weighted by Gasteiger charge is -2.31. The molecule has 0 N–H and O–H groups in total. The van der Waals surface area contributed by atoms with Gasteiger partial charge in [0, 0.05) is 0 Å². The molecule has 2 aromatic carbocycles. The van der Waals surface area contributed by atoms with Crippen molar-refractivity contribution in [2.45, 2.75) is 98.3 Å². The molecule has 0 aliphatic heterocycles. The van der Waals surface area contributed by atoms with Gasteiger partial charge in [-0.05, 0) is 62.2 Å². The van der Waals surface area contributed by atoms with Gasteiger partial charge >= 0.3 is 0 Å². The predicted molar refractivity (Wildman–Crippen MR) is 131 cm³/mol. The Bertz CT molecular complexity index is 744. The molecule has 2 rings (SSSR count). The number of hydrogen-bond acceptors (Lipinski definition) is 0. The molecule has 0 spiro atoms. The highest BCUT2D eigenvalue weighted by molar-refractivity contribution is 7.67. The molecule has 2 aromatic rings. The Labute approximate surface area is 175 Å². The molecular formula is C27H41P. The Balaban J connectivity index is 2.88. The zero-order valence-corrected chi connectivity index (χ0v) is 20.7. The summed E-state index contributed by atoms with van der Waals surface area (Å²) in [6, 6.07) is 14.2. The molecule has 0 aromatic heterocycles. The summed E-state index contributed by atoms with van der Waals surface area (Å²) in [5.74, 6) is 1.59. The minimum Gasteiger partial charge on any atom is -0.0694 e. The van der Waals surface area contributed by atoms with E-state index in [2.05, 4.69) is 106 Å². The summed E-state index contributed by atoms with van der Waals surface area (Å²) in [5.41, 5.74) is 8.89. The first-order chi connectivity index (χ1) is 13.1. The molecule has 0 saturated carbocycles. The molecule has 0 bridgehead atoms. The van der Waals surface area contributed by atoms with E-state index in [9.17, 15) is 0 Å². The maximum atomic E-state index is 2.49. The molecular weight excluding hydrogens is 355 g/mol. The predicted octanol–water partition coefficient (Wildman–Crippen LogP) is 8.65. The van der Waals surface area contributed by atoms with Crippen LogP contribution in [0.5, 0.6) is 0 Å². The van der Waals surface area contributed by atoms with E-state index >= 15 is 0 Å². The van der Waals surface area contributed by atoms with Crippen LogP contribution in [0.2, 0.25) is 0 Å². The molecule has 0 atom stereocenters. The molecule has 1 heteroatoms. The Morgan fingerprint density at radius 1 is 0.607 bits per heavy atom. The van der Waals surface area contributed by atoms with Crippen molar-refractivity contribution in [1.82, 2.24) is 0 Å². The summed E-state index contributed by atoms with van der Waals surface area (Å²) in [6.45, 7) is 23.6. The highest BCUT2D eigenvalue weighted by atomic mass is 31.1. The van der Waals surface area contributed by atoms with Crippen LogP contribution < -0.4 is 5.30 Å². The molecule has 0 heterocycles. The first-order valence-corrected chi connectivity index (χ1v) is 12.6. The van der Waals surface area contributed by atoms with Crippen LogP contribution in [-0.4, -0.2) is 11.3 Å². The SMILES string of the molecule is CC(C)c1cc(C(C)C)c(-c2ccccc2P(C(C)C)C(C)C)c(C(C)C)c1. The summed E-state index contributed by atoms with van der Waals surface area (Å²) in [4.78, 5) is 0. The van der Waals surface area contributed by atoms with Gasteiger partial charge < -0.3 is 0 Å². The van der Waals surface area contributed by atoms with Crippen molar-refractivity contribution in [1.29, 1.82) is 0 Å². The highest BCUT2D eigenvalue weighted by Gasteiger charge is 2.25. The van der Waals surface area contributed by atoms with E-state index in [1.165, 1.54) is 27.8 Å². The third-order valence-corrected chi connectivity index (χ3v) is 8.87. The molecule has 28 heavy (non-hydrogen) atoms. The average Bonchev–Trinajstić information content (AvgIpc) is 2.60. The standard InChI is InChI=1S/C27H41P/c1-17(2)22-15-24(18(3)4)27(25(16-22)19(5)6)23-13-11-12-14-26(23)28(20(7)8)21(9)10/h11-21H,1-10H3. The van der Waals surface area contributed by atoms with Crippen molar-refractivity contribution in [2.24, 2.45) is 0 Å². The van der Waals surface area contributed by atoms with Gasteiger partial charge in [0.2, 0.25) is 0 Å². The molecule has 0 aliphatic rings. The lowest BCUT2D eigenvalue weighted by molar-refractivity contribution is 0.808. The fourth-order valence-electron chi connectivity index (χ4n) is 4.33. The largest absolute Gasteiger partial charge is 0.0694 e. The van der Waals surface area contributed by atoms with E-state index in [4.69, 9.17) is 0 Å². The fraction of sp³-hybridized carbons (Fsp3) is 0.556. The van der Waals surface area contributed by atoms with E-state index in [0.29, 0.717) is 29.1 Å². The second-order valence-electron chi connectivity index (χ2n) is 9.65. The smallest absolute Gasteiger partial charge is 0.0101 e.